The monoisotopic (exact) mass is 339 g/mol. The Balaban J connectivity index is 1.71. The molecule has 1 heterocycles. The molecule has 2 aromatic rings. The van der Waals surface area contributed by atoms with Gasteiger partial charge in [-0.05, 0) is 37.6 Å². The Kier molecular flexibility index (Phi) is 5.71. The van der Waals surface area contributed by atoms with Crippen LogP contribution in [-0.4, -0.2) is 38.0 Å². The van der Waals surface area contributed by atoms with Crippen molar-refractivity contribution in [2.24, 2.45) is 5.92 Å². The van der Waals surface area contributed by atoms with Crippen molar-refractivity contribution in [3.63, 3.8) is 0 Å². The Labute approximate surface area is 149 Å². The predicted octanol–water partition coefficient (Wildman–Crippen LogP) is 3.80. The predicted molar refractivity (Wildman–Crippen MR) is 98.3 cm³/mol. The molecule has 0 amide bonds. The Morgan fingerprint density at radius 2 is 1.72 bits per heavy atom. The largest absolute Gasteiger partial charge is 0.496 e. The molecular formula is C21H25NO3. The summed E-state index contributed by atoms with van der Waals surface area (Å²) in [5.74, 6) is 1.76. The number of hydrogen-bond acceptors (Lipinski definition) is 4. The van der Waals surface area contributed by atoms with Crippen LogP contribution in [0.5, 0.6) is 11.5 Å². The van der Waals surface area contributed by atoms with Crippen molar-refractivity contribution in [3.05, 3.63) is 59.7 Å². The third kappa shape index (κ3) is 4.02. The third-order valence-corrected chi connectivity index (χ3v) is 4.84. The number of carbonyl (C=O) groups is 1. The highest BCUT2D eigenvalue weighted by molar-refractivity contribution is 6.00. The van der Waals surface area contributed by atoms with Crippen LogP contribution < -0.4 is 9.47 Å². The highest BCUT2D eigenvalue weighted by Crippen LogP contribution is 2.28. The average Bonchev–Trinajstić information content (AvgIpc) is 2.68. The van der Waals surface area contributed by atoms with Gasteiger partial charge in [0.2, 0.25) is 0 Å². The van der Waals surface area contributed by atoms with Crippen LogP contribution in [-0.2, 0) is 6.54 Å². The summed E-state index contributed by atoms with van der Waals surface area (Å²) in [6, 6.07) is 15.6. The second-order valence-corrected chi connectivity index (χ2v) is 6.45. The van der Waals surface area contributed by atoms with E-state index in [0.29, 0.717) is 11.3 Å². The van der Waals surface area contributed by atoms with Crippen molar-refractivity contribution < 1.29 is 14.3 Å². The molecule has 4 nitrogen and oxygen atoms in total. The Morgan fingerprint density at radius 3 is 2.48 bits per heavy atom. The number of nitrogens with zero attached hydrogens (tertiary/aromatic N) is 1. The third-order valence-electron chi connectivity index (χ3n) is 4.84. The molecular weight excluding hydrogens is 314 g/mol. The number of ether oxygens (including phenoxy) is 2. The van der Waals surface area contributed by atoms with Crippen molar-refractivity contribution in [1.29, 1.82) is 0 Å². The van der Waals surface area contributed by atoms with Gasteiger partial charge in [-0.15, -0.1) is 0 Å². The van der Waals surface area contributed by atoms with E-state index >= 15 is 0 Å². The molecule has 132 valence electrons. The van der Waals surface area contributed by atoms with Gasteiger partial charge < -0.3 is 9.47 Å². The molecule has 0 unspecified atom stereocenters. The number of ketones is 1. The number of benzene rings is 2. The van der Waals surface area contributed by atoms with Crippen LogP contribution in [0.2, 0.25) is 0 Å². The SMILES string of the molecule is COc1ccccc1CN1CCC[C@H](C(=O)c2ccccc2OC)C1. The summed E-state index contributed by atoms with van der Waals surface area (Å²) in [7, 11) is 3.31. The zero-order valence-electron chi connectivity index (χ0n) is 14.9. The standard InChI is InChI=1S/C21H25NO3/c1-24-19-11-5-3-8-16(19)14-22-13-7-9-17(15-22)21(23)18-10-4-6-12-20(18)25-2/h3-6,8,10-12,17H,7,9,13-15H2,1-2H3/t17-/m0/s1. The molecule has 0 bridgehead atoms. The van der Waals surface area contributed by atoms with E-state index in [2.05, 4.69) is 11.0 Å². The average molecular weight is 339 g/mol. The first-order valence-corrected chi connectivity index (χ1v) is 8.74. The van der Waals surface area contributed by atoms with Crippen LogP contribution in [0, 0.1) is 5.92 Å². The summed E-state index contributed by atoms with van der Waals surface area (Å²) in [6.45, 7) is 2.59. The first kappa shape index (κ1) is 17.5. The molecule has 0 spiro atoms. The Hall–Kier alpha value is -2.33. The summed E-state index contributed by atoms with van der Waals surface area (Å²) < 4.78 is 10.8. The first-order chi connectivity index (χ1) is 12.2. The second kappa shape index (κ2) is 8.17. The van der Waals surface area contributed by atoms with Gasteiger partial charge in [-0.3, -0.25) is 9.69 Å². The maximum Gasteiger partial charge on any atom is 0.170 e. The van der Waals surface area contributed by atoms with Gasteiger partial charge in [0.05, 0.1) is 19.8 Å². The topological polar surface area (TPSA) is 38.8 Å². The van der Waals surface area contributed by atoms with E-state index in [1.807, 2.05) is 42.5 Å². The van der Waals surface area contributed by atoms with Gasteiger partial charge in [-0.25, -0.2) is 0 Å². The molecule has 1 aliphatic heterocycles. The lowest BCUT2D eigenvalue weighted by atomic mass is 9.89. The van der Waals surface area contributed by atoms with Crippen LogP contribution in [0.25, 0.3) is 0 Å². The quantitative estimate of drug-likeness (QED) is 0.751. The molecule has 1 atom stereocenters. The van der Waals surface area contributed by atoms with E-state index < -0.39 is 0 Å². The molecule has 0 saturated carbocycles. The summed E-state index contributed by atoms with van der Waals surface area (Å²) in [6.07, 6.45) is 1.96. The van der Waals surface area contributed by atoms with Gasteiger partial charge >= 0.3 is 0 Å². The smallest absolute Gasteiger partial charge is 0.170 e. The Morgan fingerprint density at radius 1 is 1.04 bits per heavy atom. The minimum atomic E-state index is 0.0137. The fraction of sp³-hybridized carbons (Fsp3) is 0.381. The normalized spacial score (nSPS) is 17.9. The van der Waals surface area contributed by atoms with Crippen LogP contribution in [0.4, 0.5) is 0 Å². The zero-order chi connectivity index (χ0) is 17.6. The summed E-state index contributed by atoms with van der Waals surface area (Å²) >= 11 is 0. The van der Waals surface area contributed by atoms with Crippen LogP contribution in [0.1, 0.15) is 28.8 Å². The van der Waals surface area contributed by atoms with Crippen molar-refractivity contribution in [2.75, 3.05) is 27.3 Å². The molecule has 2 aromatic carbocycles. The maximum absolute atomic E-state index is 13.0. The molecule has 3 rings (SSSR count). The molecule has 4 heteroatoms. The van der Waals surface area contributed by atoms with Crippen molar-refractivity contribution in [2.45, 2.75) is 19.4 Å². The van der Waals surface area contributed by atoms with Gasteiger partial charge in [0, 0.05) is 24.6 Å². The lowest BCUT2D eigenvalue weighted by Gasteiger charge is -2.32. The lowest BCUT2D eigenvalue weighted by molar-refractivity contribution is 0.0808. The van der Waals surface area contributed by atoms with Crippen molar-refractivity contribution >= 4 is 5.78 Å². The van der Waals surface area contributed by atoms with Gasteiger partial charge in [0.1, 0.15) is 11.5 Å². The molecule has 1 aliphatic rings. The van der Waals surface area contributed by atoms with E-state index in [1.54, 1.807) is 14.2 Å². The highest BCUT2D eigenvalue weighted by Gasteiger charge is 2.28. The lowest BCUT2D eigenvalue weighted by Crippen LogP contribution is -2.38. The molecule has 1 fully saturated rings. The molecule has 0 N–H and O–H groups in total. The molecule has 0 radical (unpaired) electrons. The fourth-order valence-corrected chi connectivity index (χ4v) is 3.56. The minimum absolute atomic E-state index is 0.0137. The molecule has 1 saturated heterocycles. The van der Waals surface area contributed by atoms with Gasteiger partial charge in [-0.2, -0.15) is 0 Å². The highest BCUT2D eigenvalue weighted by atomic mass is 16.5. The maximum atomic E-state index is 13.0. The van der Waals surface area contributed by atoms with Crippen LogP contribution >= 0.6 is 0 Å². The number of piperidine rings is 1. The summed E-state index contributed by atoms with van der Waals surface area (Å²) in [5, 5.41) is 0. The molecule has 0 aliphatic carbocycles. The van der Waals surface area contributed by atoms with Crippen molar-refractivity contribution in [1.82, 2.24) is 4.90 Å². The van der Waals surface area contributed by atoms with Crippen LogP contribution in [0.3, 0.4) is 0 Å². The zero-order valence-corrected chi connectivity index (χ0v) is 14.9. The van der Waals surface area contributed by atoms with E-state index in [-0.39, 0.29) is 11.7 Å². The molecule has 25 heavy (non-hydrogen) atoms. The second-order valence-electron chi connectivity index (χ2n) is 6.45. The number of hydrogen-bond donors (Lipinski definition) is 0. The van der Waals surface area contributed by atoms with Gasteiger partial charge in [-0.1, -0.05) is 30.3 Å². The van der Waals surface area contributed by atoms with Gasteiger partial charge in [0.15, 0.2) is 5.78 Å². The number of rotatable bonds is 6. The number of para-hydroxylation sites is 2. The summed E-state index contributed by atoms with van der Waals surface area (Å²) in [4.78, 5) is 15.3. The van der Waals surface area contributed by atoms with Gasteiger partial charge in [0.25, 0.3) is 0 Å². The Bertz CT molecular complexity index is 729. The number of Topliss-reactive ketones (excluding diaryl/α,β-unsaturated/α-hetero) is 1. The first-order valence-electron chi connectivity index (χ1n) is 8.74. The van der Waals surface area contributed by atoms with Crippen LogP contribution in [0.15, 0.2) is 48.5 Å². The minimum Gasteiger partial charge on any atom is -0.496 e. The van der Waals surface area contributed by atoms with E-state index in [9.17, 15) is 4.79 Å². The molecule has 0 aromatic heterocycles. The fourth-order valence-electron chi connectivity index (χ4n) is 3.56. The summed E-state index contributed by atoms with van der Waals surface area (Å²) in [5.41, 5.74) is 1.85. The number of carbonyl (C=O) groups excluding carboxylic acids is 1. The van der Waals surface area contributed by atoms with E-state index in [0.717, 1.165) is 43.8 Å². The van der Waals surface area contributed by atoms with E-state index in [1.165, 1.54) is 0 Å². The van der Waals surface area contributed by atoms with E-state index in [4.69, 9.17) is 9.47 Å². The number of likely N-dealkylation sites (tertiary alicyclic amines) is 1. The number of methoxy groups -OCH3 is 2. The van der Waals surface area contributed by atoms with Crippen molar-refractivity contribution in [3.8, 4) is 11.5 Å².